The topological polar surface area (TPSA) is 49.3 Å². The molecule has 0 amide bonds. The molecule has 1 aromatic carbocycles. The largest absolute Gasteiger partial charge is 0.480 e. The normalized spacial score (nSPS) is 13.1. The van der Waals surface area contributed by atoms with Gasteiger partial charge in [0, 0.05) is 21.5 Å². The molecule has 2 rings (SSSR count). The first-order valence-corrected chi connectivity index (χ1v) is 7.32. The van der Waals surface area contributed by atoms with Gasteiger partial charge >= 0.3 is 5.97 Å². The van der Waals surface area contributed by atoms with E-state index in [2.05, 4.69) is 5.32 Å². The Morgan fingerprint density at radius 2 is 2.11 bits per heavy atom. The van der Waals surface area contributed by atoms with Crippen LogP contribution in [0, 0.1) is 5.92 Å². The fraction of sp³-hybridized carbons (Fsp3) is 0.357. The summed E-state index contributed by atoms with van der Waals surface area (Å²) in [7, 11) is 0. The third kappa shape index (κ3) is 3.08. The van der Waals surface area contributed by atoms with Crippen LogP contribution in [0.5, 0.6) is 0 Å². The molecular formula is C14H16ClNO2S. The number of nitrogens with one attached hydrogen (secondary N) is 1. The molecule has 1 atom stereocenters. The summed E-state index contributed by atoms with van der Waals surface area (Å²) < 4.78 is 1.13. The van der Waals surface area contributed by atoms with Crippen LogP contribution in [0.2, 0.25) is 5.02 Å². The molecule has 2 aromatic rings. The van der Waals surface area contributed by atoms with E-state index < -0.39 is 12.0 Å². The average molecular weight is 298 g/mol. The quantitative estimate of drug-likeness (QED) is 0.883. The maximum absolute atomic E-state index is 11.1. The van der Waals surface area contributed by atoms with Crippen LogP contribution in [0.25, 0.3) is 10.1 Å². The van der Waals surface area contributed by atoms with Gasteiger partial charge < -0.3 is 5.11 Å². The number of hydrogen-bond acceptors (Lipinski definition) is 3. The van der Waals surface area contributed by atoms with E-state index in [4.69, 9.17) is 16.7 Å². The summed E-state index contributed by atoms with van der Waals surface area (Å²) >= 11 is 7.92. The van der Waals surface area contributed by atoms with E-state index in [9.17, 15) is 4.79 Å². The van der Waals surface area contributed by atoms with Crippen LogP contribution < -0.4 is 5.32 Å². The van der Waals surface area contributed by atoms with Gasteiger partial charge in [0.25, 0.3) is 0 Å². The maximum atomic E-state index is 11.1. The van der Waals surface area contributed by atoms with Gasteiger partial charge in [0.1, 0.15) is 6.04 Å². The monoisotopic (exact) mass is 297 g/mol. The molecular weight excluding hydrogens is 282 g/mol. The minimum absolute atomic E-state index is 0.0330. The van der Waals surface area contributed by atoms with Crippen molar-refractivity contribution in [3.63, 3.8) is 0 Å². The Kier molecular flexibility index (Phi) is 4.45. The predicted molar refractivity (Wildman–Crippen MR) is 79.9 cm³/mol. The molecule has 1 unspecified atom stereocenters. The summed E-state index contributed by atoms with van der Waals surface area (Å²) in [5.74, 6) is -0.794. The lowest BCUT2D eigenvalue weighted by Gasteiger charge is -2.17. The Balaban J connectivity index is 2.17. The zero-order chi connectivity index (χ0) is 14.0. The van der Waals surface area contributed by atoms with Gasteiger partial charge in [-0.1, -0.05) is 43.6 Å². The predicted octanol–water partition coefficient (Wildman–Crippen LogP) is 3.75. The highest BCUT2D eigenvalue weighted by Crippen LogP contribution is 2.35. The van der Waals surface area contributed by atoms with Gasteiger partial charge in [0.15, 0.2) is 0 Å². The van der Waals surface area contributed by atoms with Crippen LogP contribution in [0.1, 0.15) is 18.7 Å². The van der Waals surface area contributed by atoms with E-state index in [1.165, 1.54) is 0 Å². The molecule has 19 heavy (non-hydrogen) atoms. The molecule has 0 aliphatic carbocycles. The van der Waals surface area contributed by atoms with E-state index in [0.29, 0.717) is 6.54 Å². The number of aliphatic carboxylic acids is 1. The number of benzene rings is 1. The molecule has 0 radical (unpaired) electrons. The van der Waals surface area contributed by atoms with Gasteiger partial charge in [-0.25, -0.2) is 0 Å². The third-order valence-electron chi connectivity index (χ3n) is 3.02. The minimum Gasteiger partial charge on any atom is -0.480 e. The van der Waals surface area contributed by atoms with Gasteiger partial charge in [-0.2, -0.15) is 0 Å². The lowest BCUT2D eigenvalue weighted by Crippen LogP contribution is -2.40. The van der Waals surface area contributed by atoms with Gasteiger partial charge in [-0.3, -0.25) is 10.1 Å². The number of carboxylic acid groups (broad SMARTS) is 1. The molecule has 0 saturated heterocycles. The maximum Gasteiger partial charge on any atom is 0.320 e. The second-order valence-electron chi connectivity index (χ2n) is 4.78. The number of fused-ring (bicyclic) bond motifs is 1. The number of halogens is 1. The van der Waals surface area contributed by atoms with Crippen molar-refractivity contribution in [2.75, 3.05) is 0 Å². The molecule has 3 nitrogen and oxygen atoms in total. The molecule has 1 heterocycles. The molecule has 0 saturated carbocycles. The van der Waals surface area contributed by atoms with Crippen LogP contribution in [0.15, 0.2) is 24.3 Å². The highest BCUT2D eigenvalue weighted by molar-refractivity contribution is 7.19. The highest BCUT2D eigenvalue weighted by atomic mass is 35.5. The number of rotatable bonds is 5. The van der Waals surface area contributed by atoms with Crippen LogP contribution in [-0.2, 0) is 11.3 Å². The zero-order valence-corrected chi connectivity index (χ0v) is 12.4. The summed E-state index contributed by atoms with van der Waals surface area (Å²) in [6, 6.07) is 7.37. The Morgan fingerprint density at radius 1 is 1.42 bits per heavy atom. The van der Waals surface area contributed by atoms with Gasteiger partial charge in [0.2, 0.25) is 0 Å². The number of hydrogen-bond donors (Lipinski definition) is 2. The Hall–Kier alpha value is -1.10. The van der Waals surface area contributed by atoms with E-state index in [-0.39, 0.29) is 5.92 Å². The van der Waals surface area contributed by atoms with Crippen molar-refractivity contribution in [3.05, 3.63) is 34.2 Å². The van der Waals surface area contributed by atoms with Crippen molar-refractivity contribution in [3.8, 4) is 0 Å². The molecule has 0 bridgehead atoms. The zero-order valence-electron chi connectivity index (χ0n) is 10.8. The summed E-state index contributed by atoms with van der Waals surface area (Å²) in [5.41, 5.74) is 0. The van der Waals surface area contributed by atoms with Crippen LogP contribution in [-0.4, -0.2) is 17.1 Å². The first-order chi connectivity index (χ1) is 9.00. The van der Waals surface area contributed by atoms with Crippen LogP contribution in [0.4, 0.5) is 0 Å². The molecule has 102 valence electrons. The number of carboxylic acids is 1. The molecule has 0 fully saturated rings. The van der Waals surface area contributed by atoms with E-state index in [1.807, 2.05) is 38.1 Å². The van der Waals surface area contributed by atoms with Crippen molar-refractivity contribution < 1.29 is 9.90 Å². The van der Waals surface area contributed by atoms with Gasteiger partial charge in [-0.15, -0.1) is 11.3 Å². The lowest BCUT2D eigenvalue weighted by molar-refractivity contribution is -0.140. The van der Waals surface area contributed by atoms with Crippen molar-refractivity contribution in [1.29, 1.82) is 0 Å². The summed E-state index contributed by atoms with van der Waals surface area (Å²) in [6.45, 7) is 4.25. The van der Waals surface area contributed by atoms with Gasteiger partial charge in [-0.05, 0) is 12.0 Å². The van der Waals surface area contributed by atoms with E-state index >= 15 is 0 Å². The minimum atomic E-state index is -0.827. The van der Waals surface area contributed by atoms with Crippen molar-refractivity contribution in [2.45, 2.75) is 26.4 Å². The summed E-state index contributed by atoms with van der Waals surface area (Å²) in [5, 5.41) is 14.0. The Morgan fingerprint density at radius 3 is 2.68 bits per heavy atom. The summed E-state index contributed by atoms with van der Waals surface area (Å²) in [6.07, 6.45) is 0. The fourth-order valence-electron chi connectivity index (χ4n) is 1.99. The first kappa shape index (κ1) is 14.3. The smallest absolute Gasteiger partial charge is 0.320 e. The number of thiophene rings is 1. The second-order valence-corrected chi connectivity index (χ2v) is 6.29. The standard InChI is InChI=1S/C14H16ClNO2S/c1-8(2)13(14(17)18)16-7-11-12(15)9-5-3-4-6-10(9)19-11/h3-6,8,13,16H,7H2,1-2H3,(H,17,18). The molecule has 1 aromatic heterocycles. The second kappa shape index (κ2) is 5.90. The van der Waals surface area contributed by atoms with Crippen LogP contribution in [0.3, 0.4) is 0 Å². The van der Waals surface area contributed by atoms with E-state index in [1.54, 1.807) is 11.3 Å². The molecule has 0 aliphatic rings. The SMILES string of the molecule is CC(C)C(NCc1sc2ccccc2c1Cl)C(=O)O. The first-order valence-electron chi connectivity index (χ1n) is 6.12. The molecule has 0 spiro atoms. The van der Waals surface area contributed by atoms with Crippen LogP contribution >= 0.6 is 22.9 Å². The molecule has 5 heteroatoms. The Labute approximate surface area is 121 Å². The molecule has 2 N–H and O–H groups in total. The highest BCUT2D eigenvalue weighted by Gasteiger charge is 2.21. The Bertz CT molecular complexity index is 594. The van der Waals surface area contributed by atoms with E-state index in [0.717, 1.165) is 20.0 Å². The van der Waals surface area contributed by atoms with Gasteiger partial charge in [0.05, 0.1) is 5.02 Å². The number of carbonyl (C=O) groups is 1. The summed E-state index contributed by atoms with van der Waals surface area (Å²) in [4.78, 5) is 12.1. The average Bonchev–Trinajstić information content (AvgIpc) is 2.66. The lowest BCUT2D eigenvalue weighted by atomic mass is 10.1. The van der Waals surface area contributed by atoms with Crippen molar-refractivity contribution in [2.24, 2.45) is 5.92 Å². The van der Waals surface area contributed by atoms with Crippen molar-refractivity contribution >= 4 is 39.0 Å². The third-order valence-corrected chi connectivity index (χ3v) is 4.73. The fourth-order valence-corrected chi connectivity index (χ4v) is 3.44. The van der Waals surface area contributed by atoms with Crippen molar-refractivity contribution in [1.82, 2.24) is 5.32 Å². The molecule has 0 aliphatic heterocycles.